The van der Waals surface area contributed by atoms with E-state index < -0.39 is 0 Å². The Bertz CT molecular complexity index is 11.6. The van der Waals surface area contributed by atoms with Gasteiger partial charge in [0.15, 0.2) is 0 Å². The minimum absolute atomic E-state index is 0. The standard InChI is InChI=1S/Ag.Ba.Cu.O.Y.2H. The maximum atomic E-state index is 7.81. The van der Waals surface area contributed by atoms with Gasteiger partial charge in [-0.1, -0.05) is 0 Å². The van der Waals surface area contributed by atoms with Crippen molar-refractivity contribution >= 4 is 48.9 Å². The van der Waals surface area contributed by atoms with Crippen molar-refractivity contribution in [3.8, 4) is 0 Å². The Kier molecular flexibility index (Phi) is 117. The molecule has 0 amide bonds. The van der Waals surface area contributed by atoms with Crippen molar-refractivity contribution in [1.82, 2.24) is 0 Å². The summed E-state index contributed by atoms with van der Waals surface area (Å²) in [4.78, 5) is 0. The third kappa shape index (κ3) is 18.2. The van der Waals surface area contributed by atoms with Crippen molar-refractivity contribution in [3.63, 3.8) is 0 Å². The predicted octanol–water partition coefficient (Wildman–Crippen LogP) is -1.04. The van der Waals surface area contributed by atoms with Crippen molar-refractivity contribution < 1.29 is 74.9 Å². The van der Waals surface area contributed by atoms with Crippen molar-refractivity contribution in [2.45, 2.75) is 0 Å². The minimum atomic E-state index is 0. The smallest absolute Gasteiger partial charge is 0 e. The third-order valence-corrected chi connectivity index (χ3v) is 0. The molecule has 0 aliphatic heterocycles. The molecule has 0 aliphatic rings. The van der Waals surface area contributed by atoms with Crippen molar-refractivity contribution in [3.05, 3.63) is 0 Å². The first-order chi connectivity index (χ1) is 1.00. The van der Waals surface area contributed by atoms with E-state index in [1.54, 1.807) is 0 Å². The van der Waals surface area contributed by atoms with E-state index in [2.05, 4.69) is 15.9 Å². The number of hydrogen-bond donors (Lipinski definition) is 0. The molecule has 0 aliphatic carbocycles. The molecular formula is H2AgBaCuOY. The zero-order chi connectivity index (χ0) is 2.00. The molecule has 2 radical (unpaired) electrons. The van der Waals surface area contributed by atoms with Crippen LogP contribution in [0.15, 0.2) is 0 Å². The molecule has 0 N–H and O–H groups in total. The minimum Gasteiger partial charge on any atom is 0 e. The van der Waals surface area contributed by atoms with Gasteiger partial charge in [-0.2, -0.15) is 0 Å². The zero-order valence-corrected chi connectivity index (χ0v) is 6.85. The first-order valence-electron chi connectivity index (χ1n) is 0.123. The molecule has 35 valence electrons. The van der Waals surface area contributed by atoms with E-state index in [4.69, 9.17) is 3.83 Å². The Hall–Kier alpha value is 3.74. The average molecular weight is 416 g/mol. The Morgan fingerprint density at radius 3 is 1.20 bits per heavy atom. The molecule has 0 aromatic heterocycles. The normalized spacial score (nSPS) is 1.20. The van der Waals surface area contributed by atoms with Crippen LogP contribution in [0.2, 0.25) is 0 Å². The van der Waals surface area contributed by atoms with Crippen molar-refractivity contribution in [1.29, 1.82) is 0 Å². The van der Waals surface area contributed by atoms with E-state index in [9.17, 15) is 0 Å². The summed E-state index contributed by atoms with van der Waals surface area (Å²) in [5.74, 6) is 0. The van der Waals surface area contributed by atoms with Gasteiger partial charge in [-0.15, -0.1) is 0 Å². The first-order valence-corrected chi connectivity index (χ1v) is 0.508. The van der Waals surface area contributed by atoms with Crippen LogP contribution in [0.4, 0.5) is 0 Å². The van der Waals surface area contributed by atoms with Gasteiger partial charge in [0.25, 0.3) is 0 Å². The molecule has 0 rings (SSSR count). The molecule has 0 heterocycles. The molecule has 0 saturated heterocycles. The second kappa shape index (κ2) is 25.2. The monoisotopic (exact) mass is 415 g/mol. The molecular weight excluding hydrogens is 414 g/mol. The van der Waals surface area contributed by atoms with Gasteiger partial charge in [-0.3, -0.25) is 0 Å². The summed E-state index contributed by atoms with van der Waals surface area (Å²) in [6.07, 6.45) is 0. The molecule has 0 spiro atoms. The van der Waals surface area contributed by atoms with Crippen LogP contribution in [0.1, 0.15) is 0 Å². The van der Waals surface area contributed by atoms with Gasteiger partial charge in [-0.05, 0) is 0 Å². The molecule has 5 heavy (non-hydrogen) atoms. The number of hydrogen-bond acceptors (Lipinski definition) is 1. The molecule has 1 nitrogen and oxygen atoms in total. The second-order valence-corrected chi connectivity index (χ2v) is 0. The molecule has 0 unspecified atom stereocenters. The Labute approximate surface area is 120 Å². The summed E-state index contributed by atoms with van der Waals surface area (Å²) in [5.41, 5.74) is 0. The summed E-state index contributed by atoms with van der Waals surface area (Å²) >= 11 is 2.94. The van der Waals surface area contributed by atoms with Crippen LogP contribution in [-0.4, -0.2) is 48.9 Å². The maximum Gasteiger partial charge on any atom is 0 e. The fourth-order valence-electron chi connectivity index (χ4n) is 0. The van der Waals surface area contributed by atoms with Crippen LogP contribution in [0.25, 0.3) is 0 Å². The Morgan fingerprint density at radius 2 is 1.20 bits per heavy atom. The van der Waals surface area contributed by atoms with Gasteiger partial charge in [-0.25, -0.2) is 0 Å². The van der Waals surface area contributed by atoms with E-state index in [0.717, 1.165) is 0 Å². The first kappa shape index (κ1) is 23.3. The fourth-order valence-corrected chi connectivity index (χ4v) is 0. The second-order valence-electron chi connectivity index (χ2n) is 0. The third-order valence-electron chi connectivity index (χ3n) is 0. The van der Waals surface area contributed by atoms with Crippen molar-refractivity contribution in [2.75, 3.05) is 0 Å². The van der Waals surface area contributed by atoms with Gasteiger partial charge >= 0.3 is 68.7 Å². The SMILES string of the molecule is [Ag].[BaH2].[O]=[Cu].[Y]. The molecule has 0 aromatic rings. The molecule has 0 bridgehead atoms. The van der Waals surface area contributed by atoms with Crippen LogP contribution in [0.3, 0.4) is 0 Å². The summed E-state index contributed by atoms with van der Waals surface area (Å²) in [6, 6.07) is 0. The van der Waals surface area contributed by atoms with Gasteiger partial charge in [0.1, 0.15) is 0 Å². The van der Waals surface area contributed by atoms with E-state index >= 15 is 0 Å². The van der Waals surface area contributed by atoms with E-state index in [1.807, 2.05) is 0 Å². The maximum absolute atomic E-state index is 7.81. The van der Waals surface area contributed by atoms with Gasteiger partial charge in [0.05, 0.1) is 0 Å². The van der Waals surface area contributed by atoms with Gasteiger partial charge in [0, 0.05) is 55.1 Å². The zero-order valence-electron chi connectivity index (χ0n) is 1.59. The van der Waals surface area contributed by atoms with Crippen LogP contribution in [-0.2, 0) is 74.9 Å². The predicted molar refractivity (Wildman–Crippen MR) is 9.23 cm³/mol. The van der Waals surface area contributed by atoms with Crippen LogP contribution >= 0.6 is 0 Å². The largest absolute Gasteiger partial charge is 0 e. The van der Waals surface area contributed by atoms with E-state index in [1.165, 1.54) is 0 Å². The summed E-state index contributed by atoms with van der Waals surface area (Å²) in [5, 5.41) is 0. The quantitative estimate of drug-likeness (QED) is 0.462. The van der Waals surface area contributed by atoms with Crippen LogP contribution in [0.5, 0.6) is 0 Å². The van der Waals surface area contributed by atoms with Crippen LogP contribution in [0, 0.1) is 0 Å². The molecule has 5 heteroatoms. The Morgan fingerprint density at radius 1 is 1.20 bits per heavy atom. The van der Waals surface area contributed by atoms with E-state index in [0.29, 0.717) is 0 Å². The van der Waals surface area contributed by atoms with Gasteiger partial charge < -0.3 is 0 Å². The van der Waals surface area contributed by atoms with Crippen LogP contribution < -0.4 is 0 Å². The molecule has 0 aromatic carbocycles. The summed E-state index contributed by atoms with van der Waals surface area (Å²) in [6.45, 7) is 0. The molecule has 0 saturated carbocycles. The topological polar surface area (TPSA) is 17.1 Å². The van der Waals surface area contributed by atoms with Crippen molar-refractivity contribution in [2.24, 2.45) is 0 Å². The van der Waals surface area contributed by atoms with Gasteiger partial charge in [0.2, 0.25) is 0 Å². The van der Waals surface area contributed by atoms with E-state index in [-0.39, 0.29) is 104 Å². The summed E-state index contributed by atoms with van der Waals surface area (Å²) < 4.78 is 7.81. The molecule has 0 fully saturated rings. The summed E-state index contributed by atoms with van der Waals surface area (Å²) in [7, 11) is 0. The number of rotatable bonds is 0. The average Bonchev–Trinajstić information content (AvgIpc) is 1.00. The Balaban J connectivity index is -0.00000000167. The molecule has 0 atom stereocenters. The fraction of sp³-hybridized carbons (Fsp3) is 0.